The highest BCUT2D eigenvalue weighted by molar-refractivity contribution is 5.94. The molecule has 2 atom stereocenters. The highest BCUT2D eigenvalue weighted by Crippen LogP contribution is 2.15. The number of morpholine rings is 1. The van der Waals surface area contributed by atoms with E-state index in [1.807, 2.05) is 61.7 Å². The third-order valence-electron chi connectivity index (χ3n) is 5.20. The van der Waals surface area contributed by atoms with Crippen LogP contribution in [0.4, 0.5) is 0 Å². The molecule has 0 unspecified atom stereocenters. The third-order valence-corrected chi connectivity index (χ3v) is 5.20. The number of aryl methyl sites for hydroxylation is 2. The summed E-state index contributed by atoms with van der Waals surface area (Å²) in [4.78, 5) is 14.6. The molecule has 1 aromatic heterocycles. The summed E-state index contributed by atoms with van der Waals surface area (Å²) < 4.78 is 7.63. The van der Waals surface area contributed by atoms with Crippen molar-refractivity contribution in [2.45, 2.75) is 53.0 Å². The molecule has 0 saturated carbocycles. The minimum atomic E-state index is 0.0816. The van der Waals surface area contributed by atoms with Gasteiger partial charge in [0.15, 0.2) is 0 Å². The van der Waals surface area contributed by atoms with Crippen LogP contribution < -0.4 is 5.32 Å². The van der Waals surface area contributed by atoms with Gasteiger partial charge < -0.3 is 15.0 Å². The molecule has 1 aromatic carbocycles. The van der Waals surface area contributed by atoms with Crippen molar-refractivity contribution in [2.75, 3.05) is 13.1 Å². The fourth-order valence-corrected chi connectivity index (χ4v) is 3.70. The van der Waals surface area contributed by atoms with Crippen LogP contribution in [-0.2, 0) is 24.9 Å². The molecule has 1 saturated heterocycles. The van der Waals surface area contributed by atoms with E-state index in [1.165, 1.54) is 11.3 Å². The van der Waals surface area contributed by atoms with E-state index < -0.39 is 0 Å². The van der Waals surface area contributed by atoms with Gasteiger partial charge in [-0.15, -0.1) is 0 Å². The number of carbonyl (C=O) groups is 1. The summed E-state index contributed by atoms with van der Waals surface area (Å²) in [5.41, 5.74) is 5.40. The van der Waals surface area contributed by atoms with Crippen molar-refractivity contribution in [2.24, 2.45) is 7.05 Å². The van der Waals surface area contributed by atoms with Crippen molar-refractivity contribution in [1.29, 1.82) is 0 Å². The maximum atomic E-state index is 12.7. The van der Waals surface area contributed by atoms with Gasteiger partial charge in [0, 0.05) is 50.0 Å². The van der Waals surface area contributed by atoms with Gasteiger partial charge >= 0.3 is 0 Å². The van der Waals surface area contributed by atoms with Crippen LogP contribution in [0.1, 0.15) is 46.7 Å². The zero-order valence-corrected chi connectivity index (χ0v) is 17.0. The molecule has 0 aliphatic carbocycles. The Hall–Kier alpha value is -2.18. The molecule has 1 aliphatic heterocycles. The quantitative estimate of drug-likeness (QED) is 0.879. The minimum absolute atomic E-state index is 0.0816. The van der Waals surface area contributed by atoms with Crippen LogP contribution in [-0.4, -0.2) is 45.9 Å². The van der Waals surface area contributed by atoms with Gasteiger partial charge in [0.2, 0.25) is 0 Å². The lowest BCUT2D eigenvalue weighted by atomic mass is 10.1. The second kappa shape index (κ2) is 8.23. The first kappa shape index (κ1) is 19.6. The average molecular weight is 370 g/mol. The number of hydrogen-bond donors (Lipinski definition) is 1. The van der Waals surface area contributed by atoms with Crippen molar-refractivity contribution in [3.8, 4) is 0 Å². The van der Waals surface area contributed by atoms with Crippen molar-refractivity contribution in [3.05, 3.63) is 52.3 Å². The molecule has 6 heteroatoms. The number of rotatable bonds is 5. The van der Waals surface area contributed by atoms with E-state index in [1.54, 1.807) is 0 Å². The van der Waals surface area contributed by atoms with Gasteiger partial charge in [-0.3, -0.25) is 9.48 Å². The Morgan fingerprint density at radius 2 is 1.78 bits per heavy atom. The van der Waals surface area contributed by atoms with Crippen molar-refractivity contribution < 1.29 is 9.53 Å². The molecule has 1 amide bonds. The Bertz CT molecular complexity index is 787. The molecule has 3 rings (SSSR count). The zero-order valence-electron chi connectivity index (χ0n) is 17.0. The SMILES string of the molecule is Cc1nn(C)c(C)c1CNCc1ccc(C(=O)N2C[C@@H](C)O[C@H](C)C2)cc1. The normalized spacial score (nSPS) is 20.1. The Kier molecular flexibility index (Phi) is 5.97. The van der Waals surface area contributed by atoms with Crippen LogP contribution in [0.25, 0.3) is 0 Å². The maximum Gasteiger partial charge on any atom is 0.254 e. The number of amides is 1. The number of benzene rings is 1. The smallest absolute Gasteiger partial charge is 0.254 e. The largest absolute Gasteiger partial charge is 0.372 e. The first-order chi connectivity index (χ1) is 12.8. The monoisotopic (exact) mass is 370 g/mol. The second-order valence-corrected chi connectivity index (χ2v) is 7.54. The van der Waals surface area contributed by atoms with E-state index in [4.69, 9.17) is 4.74 Å². The lowest BCUT2D eigenvalue weighted by molar-refractivity contribution is -0.0586. The van der Waals surface area contributed by atoms with Gasteiger partial charge in [-0.2, -0.15) is 5.10 Å². The highest BCUT2D eigenvalue weighted by Gasteiger charge is 2.26. The van der Waals surface area contributed by atoms with Crippen LogP contribution in [0, 0.1) is 13.8 Å². The molecule has 2 heterocycles. The molecule has 6 nitrogen and oxygen atoms in total. The lowest BCUT2D eigenvalue weighted by Gasteiger charge is -2.35. The van der Waals surface area contributed by atoms with E-state index in [9.17, 15) is 4.79 Å². The van der Waals surface area contributed by atoms with Gasteiger partial charge in [-0.05, 0) is 45.4 Å². The van der Waals surface area contributed by atoms with Crippen LogP contribution in [0.5, 0.6) is 0 Å². The Morgan fingerprint density at radius 3 is 2.33 bits per heavy atom. The van der Waals surface area contributed by atoms with E-state index >= 15 is 0 Å². The van der Waals surface area contributed by atoms with Gasteiger partial charge in [0.05, 0.1) is 17.9 Å². The van der Waals surface area contributed by atoms with Crippen LogP contribution >= 0.6 is 0 Å². The molecule has 0 bridgehead atoms. The summed E-state index contributed by atoms with van der Waals surface area (Å²) in [7, 11) is 1.97. The number of nitrogens with one attached hydrogen (secondary N) is 1. The Labute approximate surface area is 161 Å². The zero-order chi connectivity index (χ0) is 19.6. The fraction of sp³-hybridized carbons (Fsp3) is 0.524. The number of hydrogen-bond acceptors (Lipinski definition) is 4. The minimum Gasteiger partial charge on any atom is -0.372 e. The van der Waals surface area contributed by atoms with Crippen molar-refractivity contribution in [3.63, 3.8) is 0 Å². The molecule has 1 fully saturated rings. The molecule has 27 heavy (non-hydrogen) atoms. The van der Waals surface area contributed by atoms with Crippen molar-refractivity contribution in [1.82, 2.24) is 20.0 Å². The van der Waals surface area contributed by atoms with E-state index in [0.717, 1.165) is 29.9 Å². The van der Waals surface area contributed by atoms with Crippen LogP contribution in [0.2, 0.25) is 0 Å². The second-order valence-electron chi connectivity index (χ2n) is 7.54. The molecule has 0 spiro atoms. The number of aromatic nitrogens is 2. The number of ether oxygens (including phenoxy) is 1. The summed E-state index contributed by atoms with van der Waals surface area (Å²) in [6, 6.07) is 7.89. The predicted molar refractivity (Wildman–Crippen MR) is 106 cm³/mol. The molecule has 1 aliphatic rings. The molecule has 1 N–H and O–H groups in total. The Balaban J connectivity index is 1.56. The predicted octanol–water partition coefficient (Wildman–Crippen LogP) is 2.58. The summed E-state index contributed by atoms with van der Waals surface area (Å²) in [6.45, 7) is 11.0. The fourth-order valence-electron chi connectivity index (χ4n) is 3.70. The van der Waals surface area contributed by atoms with Crippen LogP contribution in [0.15, 0.2) is 24.3 Å². The van der Waals surface area contributed by atoms with Gasteiger partial charge in [0.25, 0.3) is 5.91 Å². The Morgan fingerprint density at radius 1 is 1.15 bits per heavy atom. The first-order valence-electron chi connectivity index (χ1n) is 9.58. The van der Waals surface area contributed by atoms with Crippen molar-refractivity contribution >= 4 is 5.91 Å². The summed E-state index contributed by atoms with van der Waals surface area (Å²) in [6.07, 6.45) is 0.168. The summed E-state index contributed by atoms with van der Waals surface area (Å²) >= 11 is 0. The molecule has 2 aromatic rings. The third kappa shape index (κ3) is 4.57. The van der Waals surface area contributed by atoms with Gasteiger partial charge in [-0.1, -0.05) is 12.1 Å². The maximum absolute atomic E-state index is 12.7. The topological polar surface area (TPSA) is 59.4 Å². The number of carbonyl (C=O) groups excluding carboxylic acids is 1. The molecular formula is C21H30N4O2. The summed E-state index contributed by atoms with van der Waals surface area (Å²) in [5.74, 6) is 0.0816. The first-order valence-corrected chi connectivity index (χ1v) is 9.58. The summed E-state index contributed by atoms with van der Waals surface area (Å²) in [5, 5.41) is 7.92. The van der Waals surface area contributed by atoms with E-state index in [0.29, 0.717) is 13.1 Å². The highest BCUT2D eigenvalue weighted by atomic mass is 16.5. The lowest BCUT2D eigenvalue weighted by Crippen LogP contribution is -2.48. The van der Waals surface area contributed by atoms with Gasteiger partial charge in [0.1, 0.15) is 0 Å². The van der Waals surface area contributed by atoms with E-state index in [-0.39, 0.29) is 18.1 Å². The van der Waals surface area contributed by atoms with Crippen LogP contribution in [0.3, 0.4) is 0 Å². The average Bonchev–Trinajstić information content (AvgIpc) is 2.87. The standard InChI is InChI=1S/C21H30N4O2/c1-14-12-25(13-15(2)27-14)21(26)19-8-6-18(7-9-19)10-22-11-20-16(3)23-24(5)17(20)4/h6-9,14-15,22H,10-13H2,1-5H3/t14-,15-/m1/s1. The molecule has 0 radical (unpaired) electrons. The molecule has 146 valence electrons. The van der Waals surface area contributed by atoms with E-state index in [2.05, 4.69) is 17.3 Å². The number of nitrogens with zero attached hydrogens (tertiary/aromatic N) is 3. The molecular weight excluding hydrogens is 340 g/mol. The van der Waals surface area contributed by atoms with Gasteiger partial charge in [-0.25, -0.2) is 0 Å².